The molecule has 0 aliphatic carbocycles. The van der Waals surface area contributed by atoms with E-state index >= 15 is 0 Å². The lowest BCUT2D eigenvalue weighted by Crippen LogP contribution is -2.31. The number of benzene rings is 1. The molecule has 4 aromatic rings. The summed E-state index contributed by atoms with van der Waals surface area (Å²) in [5.41, 5.74) is 4.01. The maximum Gasteiger partial charge on any atom is 0.258 e. The third-order valence-electron chi connectivity index (χ3n) is 6.19. The summed E-state index contributed by atoms with van der Waals surface area (Å²) >= 11 is 0. The number of hydrogen-bond acceptors (Lipinski definition) is 6. The summed E-state index contributed by atoms with van der Waals surface area (Å²) in [6.45, 7) is 3.87. The van der Waals surface area contributed by atoms with Gasteiger partial charge in [-0.05, 0) is 31.2 Å². The van der Waals surface area contributed by atoms with E-state index in [9.17, 15) is 4.79 Å². The molecule has 1 amide bonds. The normalized spacial score (nSPS) is 22.2. The first-order chi connectivity index (χ1) is 15.2. The Kier molecular flexibility index (Phi) is 4.25. The van der Waals surface area contributed by atoms with E-state index in [1.807, 2.05) is 43.6 Å². The van der Waals surface area contributed by atoms with Crippen LogP contribution in [0.2, 0.25) is 0 Å². The van der Waals surface area contributed by atoms with Crippen molar-refractivity contribution in [2.75, 3.05) is 26.3 Å². The number of carbonyl (C=O) groups is 1. The van der Waals surface area contributed by atoms with E-state index in [4.69, 9.17) is 9.47 Å². The Hall–Kier alpha value is -3.30. The molecule has 9 nitrogen and oxygen atoms in total. The van der Waals surface area contributed by atoms with Gasteiger partial charge in [-0.15, -0.1) is 0 Å². The summed E-state index contributed by atoms with van der Waals surface area (Å²) in [6, 6.07) is 11.8. The lowest BCUT2D eigenvalue weighted by molar-refractivity contribution is -0.00461. The Bertz CT molecular complexity index is 1260. The van der Waals surface area contributed by atoms with E-state index < -0.39 is 0 Å². The van der Waals surface area contributed by atoms with E-state index in [1.165, 1.54) is 4.63 Å². The lowest BCUT2D eigenvalue weighted by atomic mass is 10.2. The first kappa shape index (κ1) is 18.5. The molecule has 9 heteroatoms. The molecule has 2 aliphatic heterocycles. The highest BCUT2D eigenvalue weighted by molar-refractivity contribution is 6.02. The van der Waals surface area contributed by atoms with Crippen molar-refractivity contribution < 1.29 is 14.3 Å². The van der Waals surface area contributed by atoms with E-state index in [0.717, 1.165) is 11.0 Å². The van der Waals surface area contributed by atoms with Gasteiger partial charge >= 0.3 is 0 Å². The molecule has 2 fully saturated rings. The van der Waals surface area contributed by atoms with Crippen molar-refractivity contribution in [2.24, 2.45) is 0 Å². The monoisotopic (exact) mass is 418 g/mol. The van der Waals surface area contributed by atoms with Crippen LogP contribution in [0.1, 0.15) is 22.1 Å². The summed E-state index contributed by atoms with van der Waals surface area (Å²) < 4.78 is 16.1. The second-order valence-corrected chi connectivity index (χ2v) is 8.11. The highest BCUT2D eigenvalue weighted by atomic mass is 16.6. The number of likely N-dealkylation sites (tertiary alicyclic amines) is 1. The van der Waals surface area contributed by atoms with Gasteiger partial charge in [-0.3, -0.25) is 4.79 Å². The topological polar surface area (TPSA) is 86.8 Å². The van der Waals surface area contributed by atoms with Crippen molar-refractivity contribution in [3.05, 3.63) is 60.2 Å². The van der Waals surface area contributed by atoms with Gasteiger partial charge in [0.2, 0.25) is 0 Å². The van der Waals surface area contributed by atoms with Crippen molar-refractivity contribution in [3.63, 3.8) is 0 Å². The van der Waals surface area contributed by atoms with Crippen LogP contribution in [-0.2, 0) is 9.47 Å². The van der Waals surface area contributed by atoms with Crippen molar-refractivity contribution in [1.82, 2.24) is 29.3 Å². The van der Waals surface area contributed by atoms with Gasteiger partial charge in [-0.25, -0.2) is 4.98 Å². The van der Waals surface area contributed by atoms with Gasteiger partial charge in [0.1, 0.15) is 17.7 Å². The van der Waals surface area contributed by atoms with Crippen LogP contribution in [0.4, 0.5) is 0 Å². The van der Waals surface area contributed by atoms with Gasteiger partial charge in [-0.2, -0.15) is 14.8 Å². The van der Waals surface area contributed by atoms with Crippen molar-refractivity contribution in [1.29, 1.82) is 0 Å². The van der Waals surface area contributed by atoms with Crippen molar-refractivity contribution in [3.8, 4) is 0 Å². The third kappa shape index (κ3) is 3.00. The summed E-state index contributed by atoms with van der Waals surface area (Å²) in [6.07, 6.45) is 3.21. The minimum atomic E-state index is -0.149. The minimum Gasteiger partial charge on any atom is -0.371 e. The van der Waals surface area contributed by atoms with Gasteiger partial charge < -0.3 is 18.9 Å². The predicted octanol–water partition coefficient (Wildman–Crippen LogP) is 1.87. The molecule has 0 saturated carbocycles. The van der Waals surface area contributed by atoms with Gasteiger partial charge in [0.25, 0.3) is 5.91 Å². The molecule has 6 rings (SSSR count). The number of rotatable bonds is 2. The standard InChI is InChI=1S/C22H22N6O3/c1-14-21(18-7-4-8-24-28(18)25-14)22(29)26-9-19-20(10-26)31-12-15(11-30-19)27-13-23-16-5-2-3-6-17(16)27/h2-8,13,15,19-20H,9-12H2,1H3/t19-,20-/m0/s1. The molecule has 2 saturated heterocycles. The second-order valence-electron chi connectivity index (χ2n) is 8.11. The Morgan fingerprint density at radius 1 is 1.03 bits per heavy atom. The third-order valence-corrected chi connectivity index (χ3v) is 6.19. The molecule has 0 radical (unpaired) electrons. The Morgan fingerprint density at radius 2 is 1.77 bits per heavy atom. The SMILES string of the molecule is Cc1nn2ncccc2c1C(=O)N1C[C@@H]2OCC(n3cnc4ccccc43)CO[C@H]2C1. The highest BCUT2D eigenvalue weighted by Gasteiger charge is 2.40. The number of carbonyl (C=O) groups excluding carboxylic acids is 1. The molecule has 158 valence electrons. The molecule has 3 aromatic heterocycles. The number of aromatic nitrogens is 5. The Labute approximate surface area is 178 Å². The molecule has 0 unspecified atom stereocenters. The number of fused-ring (bicyclic) bond motifs is 3. The summed E-state index contributed by atoms with van der Waals surface area (Å²) in [5, 5.41) is 8.55. The first-order valence-electron chi connectivity index (χ1n) is 10.4. The first-order valence-corrected chi connectivity index (χ1v) is 10.4. The summed E-state index contributed by atoms with van der Waals surface area (Å²) in [5.74, 6) is -0.0575. The van der Waals surface area contributed by atoms with E-state index in [1.54, 1.807) is 11.1 Å². The number of aryl methyl sites for hydroxylation is 1. The van der Waals surface area contributed by atoms with Crippen LogP contribution in [0.5, 0.6) is 0 Å². The maximum absolute atomic E-state index is 13.3. The van der Waals surface area contributed by atoms with Crippen molar-refractivity contribution in [2.45, 2.75) is 25.2 Å². The largest absolute Gasteiger partial charge is 0.371 e. The van der Waals surface area contributed by atoms with E-state index in [2.05, 4.69) is 25.8 Å². The van der Waals surface area contributed by atoms with Crippen molar-refractivity contribution >= 4 is 22.5 Å². The number of nitrogens with zero attached hydrogens (tertiary/aromatic N) is 6. The van der Waals surface area contributed by atoms with Crippen LogP contribution in [0, 0.1) is 6.92 Å². The minimum absolute atomic E-state index is 0.0510. The van der Waals surface area contributed by atoms with Crippen LogP contribution in [-0.4, -0.2) is 73.7 Å². The molecule has 0 N–H and O–H groups in total. The summed E-state index contributed by atoms with van der Waals surface area (Å²) in [7, 11) is 0. The molecular weight excluding hydrogens is 396 g/mol. The summed E-state index contributed by atoms with van der Waals surface area (Å²) in [4.78, 5) is 19.6. The van der Waals surface area contributed by atoms with Crippen LogP contribution >= 0.6 is 0 Å². The van der Waals surface area contributed by atoms with Crippen LogP contribution < -0.4 is 0 Å². The predicted molar refractivity (Wildman–Crippen MR) is 112 cm³/mol. The number of amides is 1. The fraction of sp³-hybridized carbons (Fsp3) is 0.364. The Balaban J connectivity index is 1.19. The maximum atomic E-state index is 13.3. The van der Waals surface area contributed by atoms with Gasteiger partial charge in [0.15, 0.2) is 0 Å². The molecular formula is C22H22N6O3. The number of ether oxygens (including phenoxy) is 2. The highest BCUT2D eigenvalue weighted by Crippen LogP contribution is 2.28. The molecule has 5 heterocycles. The van der Waals surface area contributed by atoms with Gasteiger partial charge in [-0.1, -0.05) is 12.1 Å². The molecule has 2 aliphatic rings. The average molecular weight is 418 g/mol. The van der Waals surface area contributed by atoms with E-state index in [-0.39, 0.29) is 24.2 Å². The smallest absolute Gasteiger partial charge is 0.258 e. The second kappa shape index (κ2) is 7.14. The molecule has 2 atom stereocenters. The zero-order valence-corrected chi connectivity index (χ0v) is 17.1. The number of hydrogen-bond donors (Lipinski definition) is 0. The molecule has 0 bridgehead atoms. The fourth-order valence-electron chi connectivity index (χ4n) is 4.60. The molecule has 0 spiro atoms. The van der Waals surface area contributed by atoms with Crippen LogP contribution in [0.15, 0.2) is 48.9 Å². The number of para-hydroxylation sites is 2. The Morgan fingerprint density at radius 3 is 2.58 bits per heavy atom. The zero-order chi connectivity index (χ0) is 20.9. The van der Waals surface area contributed by atoms with E-state index in [0.29, 0.717) is 43.1 Å². The average Bonchev–Trinajstić information content (AvgIpc) is 3.45. The fourth-order valence-corrected chi connectivity index (χ4v) is 4.60. The zero-order valence-electron chi connectivity index (χ0n) is 17.1. The van der Waals surface area contributed by atoms with Crippen LogP contribution in [0.3, 0.4) is 0 Å². The lowest BCUT2D eigenvalue weighted by Gasteiger charge is -2.20. The number of imidazole rings is 1. The van der Waals surface area contributed by atoms with Crippen LogP contribution in [0.25, 0.3) is 16.6 Å². The van der Waals surface area contributed by atoms with Gasteiger partial charge in [0, 0.05) is 19.3 Å². The molecule has 1 aromatic carbocycles. The quantitative estimate of drug-likeness (QED) is 0.494. The van der Waals surface area contributed by atoms with Gasteiger partial charge in [0.05, 0.1) is 47.9 Å². The molecule has 31 heavy (non-hydrogen) atoms.